The first kappa shape index (κ1) is 29.1. The summed E-state index contributed by atoms with van der Waals surface area (Å²) in [6.45, 7) is 11.9. The van der Waals surface area contributed by atoms with E-state index < -0.39 is 5.60 Å². The highest BCUT2D eigenvalue weighted by Gasteiger charge is 2.36. The molecule has 5 heterocycles. The van der Waals surface area contributed by atoms with Crippen LogP contribution in [0.5, 0.6) is 0 Å². The summed E-state index contributed by atoms with van der Waals surface area (Å²) in [4.78, 5) is 33.0. The number of carbonyl (C=O) groups is 1. The number of pyridine rings is 1. The molecule has 3 aromatic heterocycles. The first-order valence-corrected chi connectivity index (χ1v) is 15.6. The molecule has 3 aromatic rings. The maximum atomic E-state index is 13.4. The van der Waals surface area contributed by atoms with Gasteiger partial charge in [-0.3, -0.25) is 9.36 Å². The third-order valence-corrected chi connectivity index (χ3v) is 8.58. The van der Waals surface area contributed by atoms with Crippen LogP contribution in [0.4, 0.5) is 16.2 Å². The average Bonchev–Trinajstić information content (AvgIpc) is 3.41. The van der Waals surface area contributed by atoms with Gasteiger partial charge in [-0.05, 0) is 84.3 Å². The van der Waals surface area contributed by atoms with Crippen molar-refractivity contribution in [2.24, 2.45) is 5.92 Å². The standard InChI is InChI=1S/C31H43N9O3/c1-22(40-21-28(34-35-40)27-16-26(18-32-33-27)36-12-5-6-13-36)38-15-11-24(17-29(38)41)37-14-7-8-25(20-37)39(19-23-9-10-23)30(42)43-31(2,3)4/h11,15-18,21-23,25H,5-10,12-14,19-20H2,1-4H3/t22?,25-/m1/s1. The Hall–Kier alpha value is -3.96. The van der Waals surface area contributed by atoms with Crippen molar-refractivity contribution in [2.75, 3.05) is 42.5 Å². The number of aromatic nitrogens is 6. The predicted octanol–water partition coefficient (Wildman–Crippen LogP) is 4.18. The smallest absolute Gasteiger partial charge is 0.410 e. The fraction of sp³-hybridized carbons (Fsp3) is 0.613. The maximum absolute atomic E-state index is 13.4. The average molecular weight is 590 g/mol. The lowest BCUT2D eigenvalue weighted by Gasteiger charge is -2.40. The third-order valence-electron chi connectivity index (χ3n) is 8.58. The number of hydrogen-bond acceptors (Lipinski definition) is 9. The van der Waals surface area contributed by atoms with Gasteiger partial charge in [-0.25, -0.2) is 9.48 Å². The van der Waals surface area contributed by atoms with E-state index in [1.54, 1.807) is 21.5 Å². The first-order chi connectivity index (χ1) is 20.6. The highest BCUT2D eigenvalue weighted by atomic mass is 16.6. The maximum Gasteiger partial charge on any atom is 0.410 e. The molecule has 0 aromatic carbocycles. The van der Waals surface area contributed by atoms with Gasteiger partial charge in [0, 0.05) is 50.7 Å². The number of nitrogens with zero attached hydrogens (tertiary/aromatic N) is 9. The van der Waals surface area contributed by atoms with E-state index in [0.29, 0.717) is 23.9 Å². The molecule has 1 saturated carbocycles. The van der Waals surface area contributed by atoms with Crippen LogP contribution in [0, 0.1) is 5.92 Å². The molecule has 230 valence electrons. The van der Waals surface area contributed by atoms with Gasteiger partial charge in [0.2, 0.25) is 0 Å². The van der Waals surface area contributed by atoms with Gasteiger partial charge in [-0.1, -0.05) is 5.21 Å². The van der Waals surface area contributed by atoms with Crippen LogP contribution in [0.3, 0.4) is 0 Å². The molecular formula is C31H43N9O3. The minimum atomic E-state index is -0.537. The summed E-state index contributed by atoms with van der Waals surface area (Å²) in [6.07, 6.45) is 11.4. The Labute approximate surface area is 252 Å². The van der Waals surface area contributed by atoms with Crippen LogP contribution in [0.25, 0.3) is 11.4 Å². The fourth-order valence-corrected chi connectivity index (χ4v) is 6.03. The molecule has 12 nitrogen and oxygen atoms in total. The zero-order valence-electron chi connectivity index (χ0n) is 25.7. The Morgan fingerprint density at radius 2 is 1.79 bits per heavy atom. The van der Waals surface area contributed by atoms with Gasteiger partial charge < -0.3 is 19.4 Å². The molecule has 12 heteroatoms. The number of ether oxygens (including phenoxy) is 1. The lowest BCUT2D eigenvalue weighted by atomic mass is 10.0. The van der Waals surface area contributed by atoms with Gasteiger partial charge >= 0.3 is 6.09 Å². The minimum Gasteiger partial charge on any atom is -0.444 e. The van der Waals surface area contributed by atoms with Crippen LogP contribution in [-0.4, -0.2) is 85.1 Å². The molecule has 1 unspecified atom stereocenters. The number of rotatable bonds is 8. The molecular weight excluding hydrogens is 546 g/mol. The van der Waals surface area contributed by atoms with E-state index in [-0.39, 0.29) is 23.9 Å². The topological polar surface area (TPSA) is 115 Å². The predicted molar refractivity (Wildman–Crippen MR) is 164 cm³/mol. The number of piperidine rings is 1. The minimum absolute atomic E-state index is 0.0474. The van der Waals surface area contributed by atoms with Crippen molar-refractivity contribution in [3.05, 3.63) is 47.1 Å². The second kappa shape index (κ2) is 12.0. The summed E-state index contributed by atoms with van der Waals surface area (Å²) in [5, 5.41) is 17.1. The number of carbonyl (C=O) groups excluding carboxylic acids is 1. The number of hydrogen-bond donors (Lipinski definition) is 0. The molecule has 2 atom stereocenters. The van der Waals surface area contributed by atoms with Gasteiger partial charge in [0.05, 0.1) is 24.1 Å². The number of amides is 1. The van der Waals surface area contributed by atoms with Crippen molar-refractivity contribution in [3.63, 3.8) is 0 Å². The molecule has 2 aliphatic heterocycles. The third kappa shape index (κ3) is 6.83. The zero-order valence-corrected chi connectivity index (χ0v) is 25.7. The van der Waals surface area contributed by atoms with Crippen LogP contribution in [0.1, 0.15) is 72.4 Å². The highest BCUT2D eigenvalue weighted by Crippen LogP contribution is 2.33. The highest BCUT2D eigenvalue weighted by molar-refractivity contribution is 5.69. The molecule has 1 amide bonds. The van der Waals surface area contributed by atoms with Gasteiger partial charge in [-0.15, -0.1) is 10.2 Å². The monoisotopic (exact) mass is 589 g/mol. The number of anilines is 2. The van der Waals surface area contributed by atoms with E-state index in [1.165, 1.54) is 12.8 Å². The molecule has 3 aliphatic rings. The summed E-state index contributed by atoms with van der Waals surface area (Å²) in [7, 11) is 0. The molecule has 6 rings (SSSR count). The first-order valence-electron chi connectivity index (χ1n) is 15.6. The molecule has 0 spiro atoms. The summed E-state index contributed by atoms with van der Waals surface area (Å²) in [6, 6.07) is 5.70. The SMILES string of the molecule is CC(n1cc(-c2cc(N3CCCC3)cnn2)nn1)n1ccc(N2CCC[C@@H](N(CC3CC3)C(=O)OC(C)(C)C)C2)cc1=O. The molecule has 0 radical (unpaired) electrons. The normalized spacial score (nSPS) is 19.9. The second-order valence-electron chi connectivity index (χ2n) is 13.2. The quantitative estimate of drug-likeness (QED) is 0.382. The van der Waals surface area contributed by atoms with Crippen LogP contribution >= 0.6 is 0 Å². The van der Waals surface area contributed by atoms with Gasteiger partial charge in [0.25, 0.3) is 5.56 Å². The summed E-state index contributed by atoms with van der Waals surface area (Å²) in [5.74, 6) is 0.562. The van der Waals surface area contributed by atoms with Crippen LogP contribution in [-0.2, 0) is 4.74 Å². The van der Waals surface area contributed by atoms with Gasteiger partial charge in [0.1, 0.15) is 23.2 Å². The van der Waals surface area contributed by atoms with E-state index in [2.05, 4.69) is 30.3 Å². The Kier molecular flexibility index (Phi) is 8.11. The van der Waals surface area contributed by atoms with Crippen LogP contribution in [0.15, 0.2) is 41.6 Å². The van der Waals surface area contributed by atoms with Gasteiger partial charge in [-0.2, -0.15) is 5.10 Å². The zero-order chi connectivity index (χ0) is 30.1. The summed E-state index contributed by atoms with van der Waals surface area (Å²) >= 11 is 0. The Morgan fingerprint density at radius 1 is 1.02 bits per heavy atom. The summed E-state index contributed by atoms with van der Waals surface area (Å²) < 4.78 is 9.10. The molecule has 0 N–H and O–H groups in total. The second-order valence-corrected chi connectivity index (χ2v) is 13.2. The Bertz CT molecular complexity index is 1490. The molecule has 0 bridgehead atoms. The van der Waals surface area contributed by atoms with E-state index in [4.69, 9.17) is 4.74 Å². The molecule has 43 heavy (non-hydrogen) atoms. The van der Waals surface area contributed by atoms with Crippen molar-refractivity contribution >= 4 is 17.5 Å². The lowest BCUT2D eigenvalue weighted by molar-refractivity contribution is 0.0134. The van der Waals surface area contributed by atoms with Gasteiger partial charge in [0.15, 0.2) is 0 Å². The largest absolute Gasteiger partial charge is 0.444 e. The molecule has 1 aliphatic carbocycles. The molecule has 2 saturated heterocycles. The molecule has 3 fully saturated rings. The fourth-order valence-electron chi connectivity index (χ4n) is 6.03. The Morgan fingerprint density at radius 3 is 2.51 bits per heavy atom. The van der Waals surface area contributed by atoms with Crippen molar-refractivity contribution in [3.8, 4) is 11.4 Å². The van der Waals surface area contributed by atoms with Crippen molar-refractivity contribution < 1.29 is 9.53 Å². The van der Waals surface area contributed by atoms with E-state index in [9.17, 15) is 9.59 Å². The van der Waals surface area contributed by atoms with Crippen LogP contribution < -0.4 is 15.4 Å². The van der Waals surface area contributed by atoms with Crippen molar-refractivity contribution in [1.29, 1.82) is 0 Å². The van der Waals surface area contributed by atoms with E-state index in [0.717, 1.165) is 63.2 Å². The van der Waals surface area contributed by atoms with Crippen LogP contribution in [0.2, 0.25) is 0 Å². The van der Waals surface area contributed by atoms with Crippen molar-refractivity contribution in [1.82, 2.24) is 34.7 Å². The lowest BCUT2D eigenvalue weighted by Crippen LogP contribution is -2.52. The summed E-state index contributed by atoms with van der Waals surface area (Å²) in [5.41, 5.74) is 2.52. The van der Waals surface area contributed by atoms with Crippen molar-refractivity contribution in [2.45, 2.75) is 84.0 Å². The van der Waals surface area contributed by atoms with E-state index >= 15 is 0 Å². The van der Waals surface area contributed by atoms with E-state index in [1.807, 2.05) is 57.1 Å². The Balaban J connectivity index is 1.15.